The number of carbonyl (C=O) groups is 1. The SMILES string of the molecule is COCC(Oc1ccccc1OC(F)(F)F)C(=O)NN. The molecule has 6 nitrogen and oxygen atoms in total. The fourth-order valence-corrected chi connectivity index (χ4v) is 1.32. The Kier molecular flexibility index (Phi) is 5.59. The van der Waals surface area contributed by atoms with Gasteiger partial charge in [0.25, 0.3) is 5.91 Å². The summed E-state index contributed by atoms with van der Waals surface area (Å²) in [5, 5.41) is 0. The molecule has 1 unspecified atom stereocenters. The molecule has 0 aliphatic rings. The van der Waals surface area contributed by atoms with Crippen LogP contribution in [0.25, 0.3) is 0 Å². The maximum absolute atomic E-state index is 12.2. The van der Waals surface area contributed by atoms with Gasteiger partial charge in [0.15, 0.2) is 11.5 Å². The summed E-state index contributed by atoms with van der Waals surface area (Å²) in [5.41, 5.74) is 1.83. The molecule has 1 aromatic rings. The molecule has 1 amide bonds. The van der Waals surface area contributed by atoms with Crippen LogP contribution in [0.3, 0.4) is 0 Å². The molecule has 1 aromatic carbocycles. The van der Waals surface area contributed by atoms with Crippen molar-refractivity contribution in [2.45, 2.75) is 12.5 Å². The van der Waals surface area contributed by atoms with Gasteiger partial charge in [-0.15, -0.1) is 13.2 Å². The molecule has 20 heavy (non-hydrogen) atoms. The molecule has 0 fully saturated rings. The minimum Gasteiger partial charge on any atom is -0.474 e. The van der Waals surface area contributed by atoms with E-state index in [0.29, 0.717) is 0 Å². The maximum Gasteiger partial charge on any atom is 0.573 e. The van der Waals surface area contributed by atoms with Crippen molar-refractivity contribution < 1.29 is 32.2 Å². The number of para-hydroxylation sites is 2. The molecular formula is C11H13F3N2O4. The van der Waals surface area contributed by atoms with Gasteiger partial charge in [-0.1, -0.05) is 12.1 Å². The summed E-state index contributed by atoms with van der Waals surface area (Å²) in [7, 11) is 1.30. The number of carbonyl (C=O) groups excluding carboxylic acids is 1. The monoisotopic (exact) mass is 294 g/mol. The second-order valence-electron chi connectivity index (χ2n) is 3.56. The van der Waals surface area contributed by atoms with Gasteiger partial charge in [0.2, 0.25) is 6.10 Å². The molecule has 112 valence electrons. The number of methoxy groups -OCH3 is 1. The molecular weight excluding hydrogens is 281 g/mol. The third-order valence-electron chi connectivity index (χ3n) is 2.10. The number of hydrogen-bond acceptors (Lipinski definition) is 5. The zero-order chi connectivity index (χ0) is 15.2. The Morgan fingerprint density at radius 3 is 2.45 bits per heavy atom. The molecule has 0 bridgehead atoms. The number of nitrogens with two attached hydrogens (primary N) is 1. The second kappa shape index (κ2) is 6.96. The van der Waals surface area contributed by atoms with E-state index in [2.05, 4.69) is 4.74 Å². The van der Waals surface area contributed by atoms with Crippen LogP contribution in [0.5, 0.6) is 11.5 Å². The van der Waals surface area contributed by atoms with E-state index in [1.54, 1.807) is 0 Å². The van der Waals surface area contributed by atoms with Crippen molar-refractivity contribution in [1.82, 2.24) is 5.43 Å². The Bertz CT molecular complexity index is 454. The number of hydrazine groups is 1. The lowest BCUT2D eigenvalue weighted by molar-refractivity contribution is -0.275. The highest BCUT2D eigenvalue weighted by molar-refractivity contribution is 5.80. The van der Waals surface area contributed by atoms with Gasteiger partial charge in [-0.3, -0.25) is 10.2 Å². The van der Waals surface area contributed by atoms with Gasteiger partial charge in [0, 0.05) is 7.11 Å². The molecule has 0 spiro atoms. The summed E-state index contributed by atoms with van der Waals surface area (Å²) >= 11 is 0. The van der Waals surface area contributed by atoms with Crippen molar-refractivity contribution in [1.29, 1.82) is 0 Å². The van der Waals surface area contributed by atoms with Gasteiger partial charge in [-0.25, -0.2) is 5.84 Å². The van der Waals surface area contributed by atoms with E-state index in [1.165, 1.54) is 25.3 Å². The summed E-state index contributed by atoms with van der Waals surface area (Å²) in [4.78, 5) is 11.4. The number of alkyl halides is 3. The van der Waals surface area contributed by atoms with Gasteiger partial charge in [0.1, 0.15) is 0 Å². The van der Waals surface area contributed by atoms with Crippen LogP contribution in [-0.2, 0) is 9.53 Å². The van der Waals surface area contributed by atoms with Crippen LogP contribution in [0, 0.1) is 0 Å². The predicted molar refractivity (Wildman–Crippen MR) is 61.7 cm³/mol. The first-order valence-electron chi connectivity index (χ1n) is 5.38. The first-order chi connectivity index (χ1) is 9.37. The molecule has 0 saturated carbocycles. The highest BCUT2D eigenvalue weighted by Gasteiger charge is 2.33. The van der Waals surface area contributed by atoms with Gasteiger partial charge >= 0.3 is 6.36 Å². The lowest BCUT2D eigenvalue weighted by atomic mass is 10.3. The van der Waals surface area contributed by atoms with Crippen LogP contribution in [-0.4, -0.2) is 32.1 Å². The van der Waals surface area contributed by atoms with Gasteiger partial charge in [0.05, 0.1) is 6.61 Å². The fourth-order valence-electron chi connectivity index (χ4n) is 1.32. The van der Waals surface area contributed by atoms with Crippen molar-refractivity contribution in [3.05, 3.63) is 24.3 Å². The third kappa shape index (κ3) is 4.94. The molecule has 0 radical (unpaired) electrons. The molecule has 0 aliphatic carbocycles. The first-order valence-corrected chi connectivity index (χ1v) is 5.38. The number of rotatable bonds is 6. The van der Waals surface area contributed by atoms with Crippen molar-refractivity contribution in [2.24, 2.45) is 5.84 Å². The first kappa shape index (κ1) is 16.1. The third-order valence-corrected chi connectivity index (χ3v) is 2.10. The summed E-state index contributed by atoms with van der Waals surface area (Å²) in [5.74, 6) is 3.39. The average Bonchev–Trinajstić information content (AvgIpc) is 2.37. The zero-order valence-corrected chi connectivity index (χ0v) is 10.4. The fraction of sp³-hybridized carbons (Fsp3) is 0.364. The van der Waals surface area contributed by atoms with Crippen LogP contribution < -0.4 is 20.7 Å². The van der Waals surface area contributed by atoms with Gasteiger partial charge < -0.3 is 14.2 Å². The maximum atomic E-state index is 12.2. The van der Waals surface area contributed by atoms with Crippen molar-refractivity contribution >= 4 is 5.91 Å². The number of hydrogen-bond donors (Lipinski definition) is 2. The minimum atomic E-state index is -4.87. The Morgan fingerprint density at radius 2 is 1.95 bits per heavy atom. The topological polar surface area (TPSA) is 82.8 Å². The van der Waals surface area contributed by atoms with Crippen LogP contribution in [0.15, 0.2) is 24.3 Å². The molecule has 0 heterocycles. The molecule has 0 aromatic heterocycles. The smallest absolute Gasteiger partial charge is 0.474 e. The van der Waals surface area contributed by atoms with Crippen molar-refractivity contribution in [3.8, 4) is 11.5 Å². The van der Waals surface area contributed by atoms with Crippen LogP contribution in [0.1, 0.15) is 0 Å². The number of amides is 1. The normalized spacial score (nSPS) is 12.7. The number of benzene rings is 1. The van der Waals surface area contributed by atoms with E-state index < -0.39 is 24.1 Å². The molecule has 0 saturated heterocycles. The Morgan fingerprint density at radius 1 is 1.35 bits per heavy atom. The highest BCUT2D eigenvalue weighted by atomic mass is 19.4. The van der Waals surface area contributed by atoms with Crippen molar-refractivity contribution in [2.75, 3.05) is 13.7 Å². The number of ether oxygens (including phenoxy) is 3. The van der Waals surface area contributed by atoms with E-state index in [4.69, 9.17) is 15.3 Å². The summed E-state index contributed by atoms with van der Waals surface area (Å²) < 4.78 is 50.4. The molecule has 0 aliphatic heterocycles. The minimum absolute atomic E-state index is 0.191. The lowest BCUT2D eigenvalue weighted by Crippen LogP contribution is -2.44. The van der Waals surface area contributed by atoms with E-state index in [1.807, 2.05) is 5.43 Å². The molecule has 1 atom stereocenters. The van der Waals surface area contributed by atoms with Crippen molar-refractivity contribution in [3.63, 3.8) is 0 Å². The number of halogens is 3. The highest BCUT2D eigenvalue weighted by Crippen LogP contribution is 2.32. The molecule has 1 rings (SSSR count). The van der Waals surface area contributed by atoms with Crippen LogP contribution >= 0.6 is 0 Å². The predicted octanol–water partition coefficient (Wildman–Crippen LogP) is 0.969. The van der Waals surface area contributed by atoms with Crippen LogP contribution in [0.4, 0.5) is 13.2 Å². The largest absolute Gasteiger partial charge is 0.573 e. The van der Waals surface area contributed by atoms with Gasteiger partial charge in [-0.2, -0.15) is 0 Å². The summed E-state index contributed by atoms with van der Waals surface area (Å²) in [6.07, 6.45) is -6.07. The number of nitrogens with one attached hydrogen (secondary N) is 1. The molecule has 3 N–H and O–H groups in total. The van der Waals surface area contributed by atoms with E-state index in [0.717, 1.165) is 6.07 Å². The average molecular weight is 294 g/mol. The Balaban J connectivity index is 2.92. The lowest BCUT2D eigenvalue weighted by Gasteiger charge is -2.19. The Labute approximate surface area is 112 Å². The van der Waals surface area contributed by atoms with Gasteiger partial charge in [-0.05, 0) is 12.1 Å². The molecule has 9 heteroatoms. The van der Waals surface area contributed by atoms with E-state index in [9.17, 15) is 18.0 Å². The van der Waals surface area contributed by atoms with Crippen LogP contribution in [0.2, 0.25) is 0 Å². The summed E-state index contributed by atoms with van der Waals surface area (Å²) in [6.45, 7) is -0.191. The summed E-state index contributed by atoms with van der Waals surface area (Å²) in [6, 6.07) is 5.06. The van der Waals surface area contributed by atoms with E-state index >= 15 is 0 Å². The van der Waals surface area contributed by atoms with E-state index in [-0.39, 0.29) is 12.4 Å². The standard InChI is InChI=1S/C11H13F3N2O4/c1-18-6-9(10(17)16-15)19-7-4-2-3-5-8(7)20-11(12,13)14/h2-5,9H,6,15H2,1H3,(H,16,17). The quantitative estimate of drug-likeness (QED) is 0.464. The Hall–Kier alpha value is -2.00. The second-order valence-corrected chi connectivity index (χ2v) is 3.56. The zero-order valence-electron chi connectivity index (χ0n) is 10.4.